The lowest BCUT2D eigenvalue weighted by atomic mass is 10.3. The molecule has 13 heavy (non-hydrogen) atoms. The van der Waals surface area contributed by atoms with Gasteiger partial charge in [0.15, 0.2) is 5.75 Å². The highest BCUT2D eigenvalue weighted by Crippen LogP contribution is 2.22. The van der Waals surface area contributed by atoms with Crippen LogP contribution in [0, 0.1) is 0 Å². The Morgan fingerprint density at radius 3 is 2.77 bits per heavy atom. The Bertz CT molecular complexity index is 322. The fourth-order valence-corrected chi connectivity index (χ4v) is 0.914. The average Bonchev–Trinajstić information content (AvgIpc) is 2.08. The van der Waals surface area contributed by atoms with Gasteiger partial charge in [0.2, 0.25) is 5.91 Å². The van der Waals surface area contributed by atoms with E-state index in [4.69, 9.17) is 0 Å². The standard InChI is InChI=1S/C9H9NO3/c1-7(12)10-8-4-2-3-5-9(8)13-6-11/h2-6H,1H3,(H,10,12). The molecule has 0 saturated carbocycles. The molecule has 0 aliphatic rings. The first-order valence-electron chi connectivity index (χ1n) is 3.71. The number of amides is 1. The van der Waals surface area contributed by atoms with Crippen molar-refractivity contribution >= 4 is 18.1 Å². The molecule has 1 aromatic carbocycles. The second kappa shape index (κ2) is 4.25. The van der Waals surface area contributed by atoms with E-state index in [0.717, 1.165) is 0 Å². The Balaban J connectivity index is 2.90. The van der Waals surface area contributed by atoms with E-state index in [2.05, 4.69) is 10.1 Å². The third kappa shape index (κ3) is 2.59. The number of anilines is 1. The largest absolute Gasteiger partial charge is 0.427 e. The van der Waals surface area contributed by atoms with Gasteiger partial charge in [-0.1, -0.05) is 12.1 Å². The van der Waals surface area contributed by atoms with Crippen molar-refractivity contribution in [1.29, 1.82) is 0 Å². The number of hydrogen-bond acceptors (Lipinski definition) is 3. The fourth-order valence-electron chi connectivity index (χ4n) is 0.914. The summed E-state index contributed by atoms with van der Waals surface area (Å²) in [6, 6.07) is 6.70. The molecule has 0 bridgehead atoms. The van der Waals surface area contributed by atoms with Gasteiger partial charge in [-0.25, -0.2) is 0 Å². The molecular weight excluding hydrogens is 170 g/mol. The van der Waals surface area contributed by atoms with Crippen molar-refractivity contribution in [2.45, 2.75) is 6.92 Å². The Morgan fingerprint density at radius 1 is 1.46 bits per heavy atom. The number of benzene rings is 1. The number of hydrogen-bond donors (Lipinski definition) is 1. The van der Waals surface area contributed by atoms with Gasteiger partial charge in [-0.05, 0) is 12.1 Å². The van der Waals surface area contributed by atoms with E-state index < -0.39 is 0 Å². The first-order chi connectivity index (χ1) is 6.24. The Kier molecular flexibility index (Phi) is 3.03. The first kappa shape index (κ1) is 9.25. The summed E-state index contributed by atoms with van der Waals surface area (Å²) in [6.45, 7) is 1.71. The van der Waals surface area contributed by atoms with Crippen molar-refractivity contribution in [3.63, 3.8) is 0 Å². The normalized spacial score (nSPS) is 9.00. The van der Waals surface area contributed by atoms with Gasteiger partial charge in [0.05, 0.1) is 5.69 Å². The summed E-state index contributed by atoms with van der Waals surface area (Å²) < 4.78 is 4.64. The van der Waals surface area contributed by atoms with E-state index in [-0.39, 0.29) is 5.91 Å². The molecule has 0 saturated heterocycles. The van der Waals surface area contributed by atoms with Crippen molar-refractivity contribution < 1.29 is 14.3 Å². The number of carbonyl (C=O) groups excluding carboxylic acids is 2. The molecule has 68 valence electrons. The molecule has 0 fully saturated rings. The SMILES string of the molecule is CC(=O)Nc1ccccc1OC=O. The van der Waals surface area contributed by atoms with Crippen LogP contribution < -0.4 is 10.1 Å². The van der Waals surface area contributed by atoms with Crippen molar-refractivity contribution in [1.82, 2.24) is 0 Å². The van der Waals surface area contributed by atoms with Gasteiger partial charge < -0.3 is 10.1 Å². The lowest BCUT2D eigenvalue weighted by molar-refractivity contribution is -0.120. The fraction of sp³-hybridized carbons (Fsp3) is 0.111. The third-order valence-corrected chi connectivity index (χ3v) is 1.37. The lowest BCUT2D eigenvalue weighted by Gasteiger charge is -2.06. The molecular formula is C9H9NO3. The molecule has 0 heterocycles. The van der Waals surface area contributed by atoms with E-state index >= 15 is 0 Å². The van der Waals surface area contributed by atoms with Gasteiger partial charge in [0.25, 0.3) is 6.47 Å². The highest BCUT2D eigenvalue weighted by molar-refractivity contribution is 5.90. The summed E-state index contributed by atoms with van der Waals surface area (Å²) in [5.74, 6) is 0.134. The highest BCUT2D eigenvalue weighted by atomic mass is 16.5. The zero-order valence-electron chi connectivity index (χ0n) is 7.11. The summed E-state index contributed by atoms with van der Waals surface area (Å²) in [5, 5.41) is 2.54. The van der Waals surface area contributed by atoms with Crippen LogP contribution >= 0.6 is 0 Å². The topological polar surface area (TPSA) is 55.4 Å². The molecule has 0 atom stereocenters. The van der Waals surface area contributed by atoms with Crippen LogP contribution in [-0.2, 0) is 9.59 Å². The van der Waals surface area contributed by atoms with Crippen LogP contribution in [0.2, 0.25) is 0 Å². The van der Waals surface area contributed by atoms with Crippen LogP contribution in [0.1, 0.15) is 6.92 Å². The number of carbonyl (C=O) groups is 2. The van der Waals surface area contributed by atoms with Crippen molar-refractivity contribution in [2.24, 2.45) is 0 Å². The number of ether oxygens (including phenoxy) is 1. The van der Waals surface area contributed by atoms with E-state index in [1.807, 2.05) is 0 Å². The maximum absolute atomic E-state index is 10.7. The van der Waals surface area contributed by atoms with Crippen LogP contribution in [0.4, 0.5) is 5.69 Å². The van der Waals surface area contributed by atoms with Gasteiger partial charge >= 0.3 is 0 Å². The maximum Gasteiger partial charge on any atom is 0.298 e. The van der Waals surface area contributed by atoms with Crippen molar-refractivity contribution in [3.8, 4) is 5.75 Å². The highest BCUT2D eigenvalue weighted by Gasteiger charge is 2.02. The van der Waals surface area contributed by atoms with Crippen molar-refractivity contribution in [3.05, 3.63) is 24.3 Å². The zero-order chi connectivity index (χ0) is 9.68. The quantitative estimate of drug-likeness (QED) is 0.709. The maximum atomic E-state index is 10.7. The van der Waals surface area contributed by atoms with Crippen LogP contribution in [0.25, 0.3) is 0 Å². The van der Waals surface area contributed by atoms with E-state index in [1.165, 1.54) is 6.92 Å². The number of rotatable bonds is 3. The third-order valence-electron chi connectivity index (χ3n) is 1.37. The van der Waals surface area contributed by atoms with Crippen LogP contribution in [-0.4, -0.2) is 12.4 Å². The van der Waals surface area contributed by atoms with Crippen LogP contribution in [0.5, 0.6) is 5.75 Å². The summed E-state index contributed by atoms with van der Waals surface area (Å²) in [5.41, 5.74) is 0.488. The summed E-state index contributed by atoms with van der Waals surface area (Å²) in [7, 11) is 0. The Hall–Kier alpha value is -1.84. The molecule has 0 unspecified atom stereocenters. The summed E-state index contributed by atoms with van der Waals surface area (Å²) >= 11 is 0. The average molecular weight is 179 g/mol. The zero-order valence-corrected chi connectivity index (χ0v) is 7.11. The van der Waals surface area contributed by atoms with Crippen LogP contribution in [0.15, 0.2) is 24.3 Å². The molecule has 0 aliphatic carbocycles. The molecule has 4 heteroatoms. The molecule has 0 spiro atoms. The van der Waals surface area contributed by atoms with E-state index in [0.29, 0.717) is 17.9 Å². The lowest BCUT2D eigenvalue weighted by Crippen LogP contribution is -2.07. The second-order valence-corrected chi connectivity index (χ2v) is 2.39. The van der Waals surface area contributed by atoms with Crippen LogP contribution in [0.3, 0.4) is 0 Å². The van der Waals surface area contributed by atoms with Gasteiger partial charge in [0.1, 0.15) is 0 Å². The number of nitrogens with one attached hydrogen (secondary N) is 1. The monoisotopic (exact) mass is 179 g/mol. The predicted octanol–water partition coefficient (Wildman–Crippen LogP) is 1.18. The second-order valence-electron chi connectivity index (χ2n) is 2.39. The van der Waals surface area contributed by atoms with Gasteiger partial charge in [-0.2, -0.15) is 0 Å². The molecule has 0 aromatic heterocycles. The van der Waals surface area contributed by atoms with Gasteiger partial charge in [-0.15, -0.1) is 0 Å². The molecule has 1 N–H and O–H groups in total. The van der Waals surface area contributed by atoms with E-state index in [1.54, 1.807) is 24.3 Å². The van der Waals surface area contributed by atoms with Crippen molar-refractivity contribution in [2.75, 3.05) is 5.32 Å². The predicted molar refractivity (Wildman–Crippen MR) is 47.4 cm³/mol. The van der Waals surface area contributed by atoms with E-state index in [9.17, 15) is 9.59 Å². The smallest absolute Gasteiger partial charge is 0.298 e. The molecule has 0 radical (unpaired) electrons. The summed E-state index contributed by atoms with van der Waals surface area (Å²) in [4.78, 5) is 20.8. The molecule has 1 amide bonds. The minimum absolute atomic E-state index is 0.207. The summed E-state index contributed by atoms with van der Waals surface area (Å²) in [6.07, 6.45) is 0. The Labute approximate surface area is 75.5 Å². The molecule has 4 nitrogen and oxygen atoms in total. The molecule has 1 rings (SSSR count). The minimum atomic E-state index is -0.207. The molecule has 0 aliphatic heterocycles. The first-order valence-corrected chi connectivity index (χ1v) is 3.71. The number of para-hydroxylation sites is 2. The van der Waals surface area contributed by atoms with Gasteiger partial charge in [-0.3, -0.25) is 9.59 Å². The minimum Gasteiger partial charge on any atom is -0.427 e. The Morgan fingerprint density at radius 2 is 2.15 bits per heavy atom. The van der Waals surface area contributed by atoms with Gasteiger partial charge in [0, 0.05) is 6.92 Å². The molecule has 1 aromatic rings.